The second kappa shape index (κ2) is 6.12. The van der Waals surface area contributed by atoms with E-state index in [1.54, 1.807) is 0 Å². The number of imidazole rings is 1. The standard InChI is InChI=1S/C17H21N3O/c1-13-3-2-4-14(9-13)5-6-17(21)19-15-7-8-20-12-18-11-16(20)10-15/h2-4,9,11-12,15H,5-8,10H2,1H3,(H,19,21). The average molecular weight is 283 g/mol. The molecule has 1 atom stereocenters. The van der Waals surface area contributed by atoms with E-state index in [2.05, 4.69) is 40.0 Å². The molecule has 1 N–H and O–H groups in total. The summed E-state index contributed by atoms with van der Waals surface area (Å²) in [7, 11) is 0. The quantitative estimate of drug-likeness (QED) is 0.935. The number of carbonyl (C=O) groups is 1. The van der Waals surface area contributed by atoms with Crippen LogP contribution in [0.1, 0.15) is 29.7 Å². The number of hydrogen-bond acceptors (Lipinski definition) is 2. The van der Waals surface area contributed by atoms with Crippen LogP contribution in [0.5, 0.6) is 0 Å². The van der Waals surface area contributed by atoms with Gasteiger partial charge in [-0.25, -0.2) is 4.98 Å². The van der Waals surface area contributed by atoms with Crippen molar-refractivity contribution in [2.75, 3.05) is 0 Å². The normalized spacial score (nSPS) is 17.3. The Hall–Kier alpha value is -2.10. The first-order chi connectivity index (χ1) is 10.2. The summed E-state index contributed by atoms with van der Waals surface area (Å²) in [4.78, 5) is 16.2. The van der Waals surface area contributed by atoms with Crippen molar-refractivity contribution in [2.24, 2.45) is 0 Å². The van der Waals surface area contributed by atoms with Crippen molar-refractivity contribution in [3.8, 4) is 0 Å². The lowest BCUT2D eigenvalue weighted by Gasteiger charge is -2.24. The van der Waals surface area contributed by atoms with Crippen molar-refractivity contribution in [3.05, 3.63) is 53.6 Å². The summed E-state index contributed by atoms with van der Waals surface area (Å²) >= 11 is 0. The molecule has 110 valence electrons. The third-order valence-electron chi connectivity index (χ3n) is 4.06. The van der Waals surface area contributed by atoms with Crippen LogP contribution in [0.2, 0.25) is 0 Å². The molecule has 0 saturated carbocycles. The zero-order valence-corrected chi connectivity index (χ0v) is 12.4. The van der Waals surface area contributed by atoms with E-state index in [0.717, 1.165) is 25.8 Å². The SMILES string of the molecule is Cc1cccc(CCC(=O)NC2CCn3cncc3C2)c1. The molecule has 4 heteroatoms. The maximum absolute atomic E-state index is 12.1. The van der Waals surface area contributed by atoms with Crippen LogP contribution in [-0.2, 0) is 24.2 Å². The summed E-state index contributed by atoms with van der Waals surface area (Å²) < 4.78 is 2.16. The van der Waals surface area contributed by atoms with Gasteiger partial charge in [-0.05, 0) is 25.3 Å². The average Bonchev–Trinajstić information content (AvgIpc) is 2.93. The van der Waals surface area contributed by atoms with Crippen molar-refractivity contribution in [3.63, 3.8) is 0 Å². The highest BCUT2D eigenvalue weighted by Gasteiger charge is 2.19. The van der Waals surface area contributed by atoms with Gasteiger partial charge in [0.15, 0.2) is 0 Å². The molecule has 1 aromatic heterocycles. The minimum atomic E-state index is 0.148. The molecule has 3 rings (SSSR count). The van der Waals surface area contributed by atoms with Gasteiger partial charge in [0, 0.05) is 37.3 Å². The molecule has 21 heavy (non-hydrogen) atoms. The van der Waals surface area contributed by atoms with Gasteiger partial charge in [0.05, 0.1) is 6.33 Å². The number of aromatic nitrogens is 2. The monoisotopic (exact) mass is 283 g/mol. The summed E-state index contributed by atoms with van der Waals surface area (Å²) in [6.07, 6.45) is 6.99. The number of benzene rings is 1. The molecule has 0 bridgehead atoms. The number of nitrogens with one attached hydrogen (secondary N) is 1. The fraction of sp³-hybridized carbons (Fsp3) is 0.412. The van der Waals surface area contributed by atoms with Crippen LogP contribution in [0.4, 0.5) is 0 Å². The molecule has 1 aliphatic rings. The molecule has 2 heterocycles. The highest BCUT2D eigenvalue weighted by Crippen LogP contribution is 2.14. The number of amides is 1. The molecule has 1 amide bonds. The smallest absolute Gasteiger partial charge is 0.220 e. The molecule has 0 aliphatic carbocycles. The fourth-order valence-electron chi connectivity index (χ4n) is 2.92. The lowest BCUT2D eigenvalue weighted by molar-refractivity contribution is -0.121. The summed E-state index contributed by atoms with van der Waals surface area (Å²) in [6, 6.07) is 8.60. The largest absolute Gasteiger partial charge is 0.353 e. The van der Waals surface area contributed by atoms with Crippen LogP contribution in [0.15, 0.2) is 36.8 Å². The van der Waals surface area contributed by atoms with E-state index in [4.69, 9.17) is 0 Å². The minimum Gasteiger partial charge on any atom is -0.353 e. The maximum atomic E-state index is 12.1. The molecule has 0 spiro atoms. The van der Waals surface area contributed by atoms with E-state index in [-0.39, 0.29) is 11.9 Å². The second-order valence-electron chi connectivity index (χ2n) is 5.82. The van der Waals surface area contributed by atoms with Gasteiger partial charge in [0.25, 0.3) is 0 Å². The first-order valence-corrected chi connectivity index (χ1v) is 7.54. The van der Waals surface area contributed by atoms with E-state index in [0.29, 0.717) is 6.42 Å². The number of hydrogen-bond donors (Lipinski definition) is 1. The van der Waals surface area contributed by atoms with Crippen molar-refractivity contribution in [1.29, 1.82) is 0 Å². The first kappa shape index (κ1) is 13.9. The highest BCUT2D eigenvalue weighted by atomic mass is 16.1. The number of carbonyl (C=O) groups excluding carboxylic acids is 1. The Morgan fingerprint density at radius 3 is 3.24 bits per heavy atom. The number of aryl methyl sites for hydroxylation is 3. The second-order valence-corrected chi connectivity index (χ2v) is 5.82. The Morgan fingerprint density at radius 1 is 1.48 bits per heavy atom. The van der Waals surface area contributed by atoms with Gasteiger partial charge in [-0.3, -0.25) is 4.79 Å². The maximum Gasteiger partial charge on any atom is 0.220 e. The molecule has 1 aromatic carbocycles. The predicted molar refractivity (Wildman–Crippen MR) is 82.0 cm³/mol. The molecule has 0 radical (unpaired) electrons. The molecule has 0 saturated heterocycles. The zero-order valence-electron chi connectivity index (χ0n) is 12.4. The Balaban J connectivity index is 1.49. The number of fused-ring (bicyclic) bond motifs is 1. The van der Waals surface area contributed by atoms with Gasteiger partial charge in [-0.2, -0.15) is 0 Å². The molecular weight excluding hydrogens is 262 g/mol. The van der Waals surface area contributed by atoms with E-state index >= 15 is 0 Å². The van der Waals surface area contributed by atoms with Crippen LogP contribution in [0.3, 0.4) is 0 Å². The van der Waals surface area contributed by atoms with Crippen LogP contribution in [-0.4, -0.2) is 21.5 Å². The van der Waals surface area contributed by atoms with Gasteiger partial charge in [0.2, 0.25) is 5.91 Å². The van der Waals surface area contributed by atoms with Gasteiger partial charge < -0.3 is 9.88 Å². The Morgan fingerprint density at radius 2 is 2.38 bits per heavy atom. The molecule has 4 nitrogen and oxygen atoms in total. The summed E-state index contributed by atoms with van der Waals surface area (Å²) in [5.74, 6) is 0.148. The van der Waals surface area contributed by atoms with Crippen LogP contribution >= 0.6 is 0 Å². The Labute approximate surface area is 125 Å². The third kappa shape index (κ3) is 3.51. The molecule has 2 aromatic rings. The Bertz CT molecular complexity index is 632. The van der Waals surface area contributed by atoms with E-state index in [9.17, 15) is 4.79 Å². The van der Waals surface area contributed by atoms with Crippen LogP contribution < -0.4 is 5.32 Å². The van der Waals surface area contributed by atoms with Crippen molar-refractivity contribution in [1.82, 2.24) is 14.9 Å². The minimum absolute atomic E-state index is 0.148. The zero-order chi connectivity index (χ0) is 14.7. The lowest BCUT2D eigenvalue weighted by atomic mass is 10.0. The van der Waals surface area contributed by atoms with Crippen LogP contribution in [0, 0.1) is 6.92 Å². The third-order valence-corrected chi connectivity index (χ3v) is 4.06. The molecule has 1 unspecified atom stereocenters. The van der Waals surface area contributed by atoms with Crippen molar-refractivity contribution < 1.29 is 4.79 Å². The van der Waals surface area contributed by atoms with Crippen molar-refractivity contribution >= 4 is 5.91 Å². The van der Waals surface area contributed by atoms with Gasteiger partial charge in [0.1, 0.15) is 0 Å². The molecule has 1 aliphatic heterocycles. The summed E-state index contributed by atoms with van der Waals surface area (Å²) in [6.45, 7) is 3.02. The summed E-state index contributed by atoms with van der Waals surface area (Å²) in [5, 5.41) is 3.15. The highest BCUT2D eigenvalue weighted by molar-refractivity contribution is 5.76. The van der Waals surface area contributed by atoms with Crippen molar-refractivity contribution in [2.45, 2.75) is 45.2 Å². The fourth-order valence-corrected chi connectivity index (χ4v) is 2.92. The summed E-state index contributed by atoms with van der Waals surface area (Å²) in [5.41, 5.74) is 3.69. The lowest BCUT2D eigenvalue weighted by Crippen LogP contribution is -2.40. The Kier molecular flexibility index (Phi) is 4.04. The van der Waals surface area contributed by atoms with Gasteiger partial charge in [-0.1, -0.05) is 29.8 Å². The van der Waals surface area contributed by atoms with Gasteiger partial charge >= 0.3 is 0 Å². The molecular formula is C17H21N3O. The predicted octanol–water partition coefficient (Wildman–Crippen LogP) is 2.26. The van der Waals surface area contributed by atoms with E-state index in [1.807, 2.05) is 18.6 Å². The topological polar surface area (TPSA) is 46.9 Å². The van der Waals surface area contributed by atoms with E-state index < -0.39 is 0 Å². The van der Waals surface area contributed by atoms with Gasteiger partial charge in [-0.15, -0.1) is 0 Å². The number of rotatable bonds is 4. The first-order valence-electron chi connectivity index (χ1n) is 7.54. The van der Waals surface area contributed by atoms with E-state index in [1.165, 1.54) is 16.8 Å². The van der Waals surface area contributed by atoms with Crippen LogP contribution in [0.25, 0.3) is 0 Å². The number of nitrogens with zero attached hydrogens (tertiary/aromatic N) is 2. The molecule has 0 fully saturated rings.